The molecule has 10 heavy (non-hydrogen) atoms. The lowest BCUT2D eigenvalue weighted by Gasteiger charge is -2.10. The minimum atomic E-state index is 1.29. The van der Waals surface area contributed by atoms with E-state index in [1.807, 2.05) is 0 Å². The Balaban J connectivity index is 2.45. The zero-order chi connectivity index (χ0) is 6.97. The number of hydrogen-bond acceptors (Lipinski definition) is 0. The molecule has 1 aromatic rings. The number of aromatic nitrogens is 1. The Bertz CT molecular complexity index is 235. The molecule has 0 aromatic carbocycles. The van der Waals surface area contributed by atoms with E-state index in [1.165, 1.54) is 31.4 Å². The minimum Gasteiger partial charge on any atom is -0.365 e. The molecule has 1 N–H and O–H groups in total. The summed E-state index contributed by atoms with van der Waals surface area (Å²) in [6, 6.07) is 0. The van der Waals surface area contributed by atoms with Crippen LogP contribution < -0.4 is 0 Å². The average molecular weight is 135 g/mol. The number of H-pyrrole nitrogens is 1. The van der Waals surface area contributed by atoms with Crippen molar-refractivity contribution in [3.63, 3.8) is 0 Å². The van der Waals surface area contributed by atoms with Crippen molar-refractivity contribution in [3.05, 3.63) is 23.0 Å². The first-order chi connectivity index (χ1) is 4.88. The van der Waals surface area contributed by atoms with Gasteiger partial charge >= 0.3 is 0 Å². The van der Waals surface area contributed by atoms with E-state index in [0.29, 0.717) is 0 Å². The maximum absolute atomic E-state index is 3.28. The third-order valence-electron chi connectivity index (χ3n) is 2.43. The molecule has 1 nitrogen and oxygen atoms in total. The summed E-state index contributed by atoms with van der Waals surface area (Å²) in [5, 5.41) is 0. The lowest BCUT2D eigenvalue weighted by molar-refractivity contribution is 0.687. The van der Waals surface area contributed by atoms with Crippen LogP contribution in [0.1, 0.15) is 29.7 Å². The molecule has 0 saturated heterocycles. The molecule has 54 valence electrons. The van der Waals surface area contributed by atoms with Crippen molar-refractivity contribution in [3.8, 4) is 0 Å². The summed E-state index contributed by atoms with van der Waals surface area (Å²) >= 11 is 0. The maximum Gasteiger partial charge on any atom is 0.0150 e. The Morgan fingerprint density at radius 1 is 1.30 bits per heavy atom. The first-order valence-corrected chi connectivity index (χ1v) is 4.03. The van der Waals surface area contributed by atoms with Crippen LogP contribution >= 0.6 is 0 Å². The second-order valence-electron chi connectivity index (χ2n) is 3.12. The highest BCUT2D eigenvalue weighted by Crippen LogP contribution is 2.22. The molecule has 1 aliphatic rings. The van der Waals surface area contributed by atoms with Crippen LogP contribution in [0.3, 0.4) is 0 Å². The molecule has 1 heteroatoms. The van der Waals surface area contributed by atoms with Gasteiger partial charge in [-0.1, -0.05) is 0 Å². The van der Waals surface area contributed by atoms with Crippen LogP contribution in [0.2, 0.25) is 0 Å². The summed E-state index contributed by atoms with van der Waals surface area (Å²) in [5.74, 6) is 0. The van der Waals surface area contributed by atoms with E-state index in [4.69, 9.17) is 0 Å². The molecule has 0 unspecified atom stereocenters. The highest BCUT2D eigenvalue weighted by atomic mass is 14.7. The van der Waals surface area contributed by atoms with Crippen LogP contribution in [0.25, 0.3) is 0 Å². The fourth-order valence-corrected chi connectivity index (χ4v) is 1.80. The van der Waals surface area contributed by atoms with Gasteiger partial charge in [0.05, 0.1) is 0 Å². The quantitative estimate of drug-likeness (QED) is 0.561. The van der Waals surface area contributed by atoms with Gasteiger partial charge in [0.15, 0.2) is 0 Å². The summed E-state index contributed by atoms with van der Waals surface area (Å²) < 4.78 is 0. The summed E-state index contributed by atoms with van der Waals surface area (Å²) in [4.78, 5) is 3.28. The second kappa shape index (κ2) is 2.15. The molecule has 0 amide bonds. The van der Waals surface area contributed by atoms with Gasteiger partial charge in [0.25, 0.3) is 0 Å². The van der Waals surface area contributed by atoms with Gasteiger partial charge in [0.2, 0.25) is 0 Å². The van der Waals surface area contributed by atoms with E-state index in [1.54, 1.807) is 11.1 Å². The lowest BCUT2D eigenvalue weighted by Crippen LogP contribution is -1.99. The SMILES string of the molecule is Cc1[nH]cc2c1CCCC2. The van der Waals surface area contributed by atoms with E-state index in [2.05, 4.69) is 18.1 Å². The Morgan fingerprint density at radius 3 is 2.90 bits per heavy atom. The first-order valence-electron chi connectivity index (χ1n) is 4.03. The van der Waals surface area contributed by atoms with Crippen LogP contribution in [0.5, 0.6) is 0 Å². The van der Waals surface area contributed by atoms with Gasteiger partial charge in [0, 0.05) is 11.9 Å². The molecule has 1 aromatic heterocycles. The second-order valence-corrected chi connectivity index (χ2v) is 3.12. The van der Waals surface area contributed by atoms with Crippen molar-refractivity contribution < 1.29 is 0 Å². The van der Waals surface area contributed by atoms with Crippen molar-refractivity contribution in [1.29, 1.82) is 0 Å². The largest absolute Gasteiger partial charge is 0.365 e. The van der Waals surface area contributed by atoms with Crippen molar-refractivity contribution in [1.82, 2.24) is 4.98 Å². The fourth-order valence-electron chi connectivity index (χ4n) is 1.80. The number of fused-ring (bicyclic) bond motifs is 1. The van der Waals surface area contributed by atoms with Gasteiger partial charge in [-0.3, -0.25) is 0 Å². The highest BCUT2D eigenvalue weighted by Gasteiger charge is 2.11. The maximum atomic E-state index is 3.28. The van der Waals surface area contributed by atoms with Crippen LogP contribution in [-0.4, -0.2) is 4.98 Å². The van der Waals surface area contributed by atoms with Crippen LogP contribution in [-0.2, 0) is 12.8 Å². The van der Waals surface area contributed by atoms with Crippen molar-refractivity contribution >= 4 is 0 Å². The third kappa shape index (κ3) is 0.772. The topological polar surface area (TPSA) is 15.8 Å². The summed E-state index contributed by atoms with van der Waals surface area (Å²) in [7, 11) is 0. The summed E-state index contributed by atoms with van der Waals surface area (Å²) in [5.41, 5.74) is 4.53. The first kappa shape index (κ1) is 6.02. The minimum absolute atomic E-state index is 1.29. The molecule has 0 spiro atoms. The van der Waals surface area contributed by atoms with E-state index in [0.717, 1.165) is 0 Å². The molecule has 0 aliphatic heterocycles. The predicted octanol–water partition coefficient (Wildman–Crippen LogP) is 2.20. The van der Waals surface area contributed by atoms with Gasteiger partial charge in [-0.05, 0) is 43.7 Å². The van der Waals surface area contributed by atoms with Gasteiger partial charge in [0.1, 0.15) is 0 Å². The molecule has 0 bridgehead atoms. The van der Waals surface area contributed by atoms with Gasteiger partial charge < -0.3 is 4.98 Å². The Labute approximate surface area is 61.5 Å². The molecular formula is C9H13N. The smallest absolute Gasteiger partial charge is 0.0150 e. The molecule has 1 aliphatic carbocycles. The van der Waals surface area contributed by atoms with E-state index < -0.39 is 0 Å². The number of aryl methyl sites for hydroxylation is 2. The Hall–Kier alpha value is -0.720. The highest BCUT2D eigenvalue weighted by molar-refractivity contribution is 5.31. The predicted molar refractivity (Wildman–Crippen MR) is 42.2 cm³/mol. The number of rotatable bonds is 0. The fraction of sp³-hybridized carbons (Fsp3) is 0.556. The lowest BCUT2D eigenvalue weighted by atomic mass is 9.94. The van der Waals surface area contributed by atoms with Gasteiger partial charge in [-0.25, -0.2) is 0 Å². The van der Waals surface area contributed by atoms with Crippen LogP contribution in [0.4, 0.5) is 0 Å². The summed E-state index contributed by atoms with van der Waals surface area (Å²) in [6.45, 7) is 2.17. The monoisotopic (exact) mass is 135 g/mol. The molecule has 0 saturated carbocycles. The normalized spacial score (nSPS) is 16.9. The van der Waals surface area contributed by atoms with Crippen molar-refractivity contribution in [2.75, 3.05) is 0 Å². The number of hydrogen-bond donors (Lipinski definition) is 1. The van der Waals surface area contributed by atoms with Gasteiger partial charge in [-0.2, -0.15) is 0 Å². The van der Waals surface area contributed by atoms with Crippen molar-refractivity contribution in [2.24, 2.45) is 0 Å². The number of nitrogens with one attached hydrogen (secondary N) is 1. The molecule has 0 radical (unpaired) electrons. The Morgan fingerprint density at radius 2 is 2.10 bits per heavy atom. The molecule has 0 fully saturated rings. The zero-order valence-electron chi connectivity index (χ0n) is 6.41. The van der Waals surface area contributed by atoms with Crippen molar-refractivity contribution in [2.45, 2.75) is 32.6 Å². The molecule has 0 atom stereocenters. The Kier molecular flexibility index (Phi) is 1.30. The standard InChI is InChI=1S/C9H13N/c1-7-9-5-3-2-4-8(9)6-10-7/h6,10H,2-5H2,1H3. The van der Waals surface area contributed by atoms with E-state index in [9.17, 15) is 0 Å². The zero-order valence-corrected chi connectivity index (χ0v) is 6.41. The van der Waals surface area contributed by atoms with Crippen LogP contribution in [0.15, 0.2) is 6.20 Å². The molecular weight excluding hydrogens is 122 g/mol. The van der Waals surface area contributed by atoms with E-state index >= 15 is 0 Å². The third-order valence-corrected chi connectivity index (χ3v) is 2.43. The molecule has 2 rings (SSSR count). The molecule has 1 heterocycles. The van der Waals surface area contributed by atoms with Crippen LogP contribution in [0, 0.1) is 6.92 Å². The van der Waals surface area contributed by atoms with Gasteiger partial charge in [-0.15, -0.1) is 0 Å². The number of aromatic amines is 1. The summed E-state index contributed by atoms with van der Waals surface area (Å²) in [6.07, 6.45) is 7.52. The van der Waals surface area contributed by atoms with E-state index in [-0.39, 0.29) is 0 Å². The average Bonchev–Trinajstić information content (AvgIpc) is 2.34.